The Kier molecular flexibility index (Phi) is 6.69. The highest BCUT2D eigenvalue weighted by atomic mass is 16.5. The molecule has 4 nitrogen and oxygen atoms in total. The lowest BCUT2D eigenvalue weighted by atomic mass is 10.0. The molecule has 0 aliphatic rings. The summed E-state index contributed by atoms with van der Waals surface area (Å²) in [6.07, 6.45) is 1.14. The highest BCUT2D eigenvalue weighted by molar-refractivity contribution is 5.66. The molecule has 0 aliphatic carbocycles. The molecule has 0 aromatic heterocycles. The first kappa shape index (κ1) is 17.5. The van der Waals surface area contributed by atoms with E-state index in [1.807, 2.05) is 18.2 Å². The van der Waals surface area contributed by atoms with Crippen molar-refractivity contribution in [3.63, 3.8) is 0 Å². The highest BCUT2D eigenvalue weighted by Crippen LogP contribution is 2.20. The zero-order valence-electron chi connectivity index (χ0n) is 13.6. The molecule has 0 radical (unpaired) electrons. The first-order valence-corrected chi connectivity index (χ1v) is 7.51. The predicted molar refractivity (Wildman–Crippen MR) is 84.6 cm³/mol. The highest BCUT2D eigenvalue weighted by Gasteiger charge is 2.22. The van der Waals surface area contributed by atoms with Gasteiger partial charge in [0.2, 0.25) is 0 Å². The maximum Gasteiger partial charge on any atom is 0.304 e. The van der Waals surface area contributed by atoms with E-state index in [9.17, 15) is 4.79 Å². The van der Waals surface area contributed by atoms with Crippen molar-refractivity contribution in [3.05, 3.63) is 29.8 Å². The molecule has 0 atom stereocenters. The van der Waals surface area contributed by atoms with Crippen molar-refractivity contribution in [2.75, 3.05) is 13.2 Å². The van der Waals surface area contributed by atoms with Gasteiger partial charge in [0, 0.05) is 18.6 Å². The first-order valence-electron chi connectivity index (χ1n) is 7.51. The van der Waals surface area contributed by atoms with Crippen molar-refractivity contribution in [2.24, 2.45) is 0 Å². The van der Waals surface area contributed by atoms with Crippen molar-refractivity contribution in [1.29, 1.82) is 0 Å². The Hall–Kier alpha value is -1.55. The molecule has 1 aromatic carbocycles. The van der Waals surface area contributed by atoms with Gasteiger partial charge in [-0.25, -0.2) is 0 Å². The van der Waals surface area contributed by atoms with Crippen LogP contribution in [0.25, 0.3) is 0 Å². The van der Waals surface area contributed by atoms with Crippen LogP contribution in [0.2, 0.25) is 0 Å². The van der Waals surface area contributed by atoms with E-state index in [2.05, 4.69) is 38.7 Å². The summed E-state index contributed by atoms with van der Waals surface area (Å²) in [7, 11) is 0. The van der Waals surface area contributed by atoms with Crippen LogP contribution in [0.1, 0.15) is 46.1 Å². The Morgan fingerprint density at radius 2 is 2.05 bits per heavy atom. The molecule has 1 rings (SSSR count). The molecular formula is C17H27NO3. The van der Waals surface area contributed by atoms with E-state index in [0.29, 0.717) is 13.2 Å². The molecule has 0 unspecified atom stereocenters. The molecule has 0 heterocycles. The second kappa shape index (κ2) is 8.03. The summed E-state index contributed by atoms with van der Waals surface area (Å²) in [5.74, 6) is 0.116. The lowest BCUT2D eigenvalue weighted by Crippen LogP contribution is -2.42. The predicted octanol–water partition coefficient (Wildman–Crippen LogP) is 3.55. The average molecular weight is 293 g/mol. The molecular weight excluding hydrogens is 266 g/mol. The van der Waals surface area contributed by atoms with E-state index in [1.54, 1.807) is 0 Å². The Bertz CT molecular complexity index is 452. The van der Waals surface area contributed by atoms with E-state index in [4.69, 9.17) is 9.84 Å². The monoisotopic (exact) mass is 293 g/mol. The number of aliphatic carboxylic acids is 1. The molecule has 0 spiro atoms. The van der Waals surface area contributed by atoms with Gasteiger partial charge in [0.15, 0.2) is 0 Å². The van der Waals surface area contributed by atoms with E-state index < -0.39 is 5.97 Å². The van der Waals surface area contributed by atoms with Gasteiger partial charge in [0.1, 0.15) is 5.75 Å². The number of nitrogens with zero attached hydrogens (tertiary/aromatic N) is 1. The minimum absolute atomic E-state index is 0.0737. The van der Waals surface area contributed by atoms with Crippen molar-refractivity contribution < 1.29 is 14.6 Å². The molecule has 0 amide bonds. The third-order valence-electron chi connectivity index (χ3n) is 3.29. The summed E-state index contributed by atoms with van der Waals surface area (Å²) < 4.78 is 5.65. The van der Waals surface area contributed by atoms with Gasteiger partial charge in [-0.15, -0.1) is 0 Å². The molecule has 1 N–H and O–H groups in total. The lowest BCUT2D eigenvalue weighted by molar-refractivity contribution is -0.137. The van der Waals surface area contributed by atoms with E-state index >= 15 is 0 Å². The van der Waals surface area contributed by atoms with Crippen LogP contribution in [0.15, 0.2) is 24.3 Å². The largest absolute Gasteiger partial charge is 0.494 e. The van der Waals surface area contributed by atoms with E-state index in [1.165, 1.54) is 0 Å². The van der Waals surface area contributed by atoms with Gasteiger partial charge in [-0.3, -0.25) is 9.69 Å². The number of carboxylic acid groups (broad SMARTS) is 1. The summed E-state index contributed by atoms with van der Waals surface area (Å²) in [6, 6.07) is 8.03. The number of carboxylic acids is 1. The van der Waals surface area contributed by atoms with Crippen LogP contribution < -0.4 is 4.74 Å². The summed E-state index contributed by atoms with van der Waals surface area (Å²) in [6.45, 7) is 10.4. The number of benzene rings is 1. The van der Waals surface area contributed by atoms with Crippen molar-refractivity contribution in [2.45, 2.75) is 52.6 Å². The maximum atomic E-state index is 10.8. The number of ether oxygens (including phenoxy) is 1. The maximum absolute atomic E-state index is 10.8. The third-order valence-corrected chi connectivity index (χ3v) is 3.29. The van der Waals surface area contributed by atoms with Crippen LogP contribution in [0.5, 0.6) is 5.75 Å². The van der Waals surface area contributed by atoms with Gasteiger partial charge in [-0.1, -0.05) is 19.1 Å². The fourth-order valence-electron chi connectivity index (χ4n) is 2.06. The Morgan fingerprint density at radius 3 is 2.62 bits per heavy atom. The summed E-state index contributed by atoms with van der Waals surface area (Å²) in [5, 5.41) is 8.89. The number of hydrogen-bond donors (Lipinski definition) is 1. The summed E-state index contributed by atoms with van der Waals surface area (Å²) in [5.41, 5.74) is 1.07. The number of hydrogen-bond acceptors (Lipinski definition) is 3. The van der Waals surface area contributed by atoms with Gasteiger partial charge < -0.3 is 9.84 Å². The standard InChI is InChI=1S/C17H27NO3/c1-5-11-21-15-8-6-7-14(12-15)13-18(17(2,3)4)10-9-16(19)20/h6-8,12H,5,9-11,13H2,1-4H3,(H,19,20). The Labute approximate surface area is 127 Å². The minimum Gasteiger partial charge on any atom is -0.494 e. The molecule has 1 aromatic rings. The first-order chi connectivity index (χ1) is 9.82. The molecule has 0 bridgehead atoms. The molecule has 0 fully saturated rings. The average Bonchev–Trinajstić information content (AvgIpc) is 2.40. The molecule has 4 heteroatoms. The van der Waals surface area contributed by atoms with E-state index in [-0.39, 0.29) is 12.0 Å². The van der Waals surface area contributed by atoms with Gasteiger partial charge in [0.25, 0.3) is 0 Å². The topological polar surface area (TPSA) is 49.8 Å². The molecule has 118 valence electrons. The van der Waals surface area contributed by atoms with Crippen LogP contribution >= 0.6 is 0 Å². The van der Waals surface area contributed by atoms with Crippen LogP contribution in [0.4, 0.5) is 0 Å². The van der Waals surface area contributed by atoms with Crippen LogP contribution in [0, 0.1) is 0 Å². The van der Waals surface area contributed by atoms with Gasteiger partial charge in [-0.05, 0) is 44.9 Å². The normalized spacial score (nSPS) is 11.7. The number of carbonyl (C=O) groups is 1. The van der Waals surface area contributed by atoms with Crippen LogP contribution in [0.3, 0.4) is 0 Å². The van der Waals surface area contributed by atoms with Crippen molar-refractivity contribution in [3.8, 4) is 5.75 Å². The quantitative estimate of drug-likeness (QED) is 0.796. The van der Waals surface area contributed by atoms with Crippen LogP contribution in [-0.4, -0.2) is 34.7 Å². The summed E-state index contributed by atoms with van der Waals surface area (Å²) >= 11 is 0. The van der Waals surface area contributed by atoms with Gasteiger partial charge in [-0.2, -0.15) is 0 Å². The molecule has 21 heavy (non-hydrogen) atoms. The second-order valence-corrected chi connectivity index (χ2v) is 6.23. The summed E-state index contributed by atoms with van der Waals surface area (Å²) in [4.78, 5) is 13.0. The fourth-order valence-corrected chi connectivity index (χ4v) is 2.06. The smallest absolute Gasteiger partial charge is 0.304 e. The Balaban J connectivity index is 2.75. The number of rotatable bonds is 8. The van der Waals surface area contributed by atoms with E-state index in [0.717, 1.165) is 24.3 Å². The van der Waals surface area contributed by atoms with Crippen LogP contribution in [-0.2, 0) is 11.3 Å². The van der Waals surface area contributed by atoms with Crippen molar-refractivity contribution >= 4 is 5.97 Å². The SMILES string of the molecule is CCCOc1cccc(CN(CCC(=O)O)C(C)(C)C)c1. The second-order valence-electron chi connectivity index (χ2n) is 6.23. The zero-order valence-corrected chi connectivity index (χ0v) is 13.6. The zero-order chi connectivity index (χ0) is 15.9. The van der Waals surface area contributed by atoms with Gasteiger partial charge in [0.05, 0.1) is 13.0 Å². The molecule has 0 aliphatic heterocycles. The lowest BCUT2D eigenvalue weighted by Gasteiger charge is -2.35. The molecule has 0 saturated heterocycles. The minimum atomic E-state index is -0.760. The fraction of sp³-hybridized carbons (Fsp3) is 0.588. The Morgan fingerprint density at radius 1 is 1.33 bits per heavy atom. The molecule has 0 saturated carbocycles. The van der Waals surface area contributed by atoms with Gasteiger partial charge >= 0.3 is 5.97 Å². The third kappa shape index (κ3) is 6.63. The van der Waals surface area contributed by atoms with Crippen molar-refractivity contribution in [1.82, 2.24) is 4.90 Å².